The lowest BCUT2D eigenvalue weighted by Crippen LogP contribution is -2.12. The first-order valence-corrected chi connectivity index (χ1v) is 2.35. The summed E-state index contributed by atoms with van der Waals surface area (Å²) in [5.41, 5.74) is 10.5. The van der Waals surface area contributed by atoms with Crippen LogP contribution in [0.15, 0.2) is 11.6 Å². The largest absolute Gasteiger partial charge is 0.366 e. The van der Waals surface area contributed by atoms with Crippen LogP contribution in [0.4, 0.5) is 0 Å². The van der Waals surface area contributed by atoms with Crippen LogP contribution in [-0.4, -0.2) is 12.5 Å². The maximum absolute atomic E-state index is 10.2. The van der Waals surface area contributed by atoms with Crippen molar-refractivity contribution in [2.45, 2.75) is 6.92 Å². The molecular formula is C5H10N2O. The number of hydrogen-bond acceptors (Lipinski definition) is 2. The third kappa shape index (κ3) is 2.36. The molecule has 0 fully saturated rings. The normalized spacial score (nSPS) is 11.5. The number of rotatable bonds is 2. The Morgan fingerprint density at radius 2 is 2.25 bits per heavy atom. The van der Waals surface area contributed by atoms with Gasteiger partial charge >= 0.3 is 0 Å². The SMILES string of the molecule is C/C(=C/CN)C(N)=O. The minimum Gasteiger partial charge on any atom is -0.366 e. The van der Waals surface area contributed by atoms with Gasteiger partial charge in [-0.1, -0.05) is 6.08 Å². The summed E-state index contributed by atoms with van der Waals surface area (Å²) in [5.74, 6) is -0.407. The monoisotopic (exact) mass is 114 g/mol. The second kappa shape index (κ2) is 3.21. The minimum absolute atomic E-state index is 0.370. The maximum atomic E-state index is 10.2. The average Bonchev–Trinajstić information content (AvgIpc) is 1.67. The van der Waals surface area contributed by atoms with Crippen molar-refractivity contribution in [2.75, 3.05) is 6.54 Å². The van der Waals surface area contributed by atoms with Gasteiger partial charge in [0.15, 0.2) is 0 Å². The highest BCUT2D eigenvalue weighted by Gasteiger charge is 1.92. The average molecular weight is 114 g/mol. The number of hydrogen-bond donors (Lipinski definition) is 2. The van der Waals surface area contributed by atoms with Crippen LogP contribution in [-0.2, 0) is 4.79 Å². The molecule has 0 saturated carbocycles. The van der Waals surface area contributed by atoms with Crippen molar-refractivity contribution in [3.63, 3.8) is 0 Å². The fraction of sp³-hybridized carbons (Fsp3) is 0.400. The van der Waals surface area contributed by atoms with Gasteiger partial charge in [0.2, 0.25) is 5.91 Å². The zero-order valence-corrected chi connectivity index (χ0v) is 4.85. The summed E-state index contributed by atoms with van der Waals surface area (Å²) in [4.78, 5) is 10.2. The molecule has 0 aromatic heterocycles. The molecule has 0 aliphatic carbocycles. The lowest BCUT2D eigenvalue weighted by Gasteiger charge is -1.88. The van der Waals surface area contributed by atoms with Gasteiger partial charge in [0.05, 0.1) is 0 Å². The van der Waals surface area contributed by atoms with Gasteiger partial charge in [-0.2, -0.15) is 0 Å². The van der Waals surface area contributed by atoms with E-state index in [4.69, 9.17) is 11.5 Å². The highest BCUT2D eigenvalue weighted by Crippen LogP contribution is 1.85. The van der Waals surface area contributed by atoms with E-state index in [0.717, 1.165) is 0 Å². The molecule has 0 saturated heterocycles. The quantitative estimate of drug-likeness (QED) is 0.469. The predicted molar refractivity (Wildman–Crippen MR) is 32.0 cm³/mol. The summed E-state index contributed by atoms with van der Waals surface area (Å²) in [6.07, 6.45) is 1.59. The Morgan fingerprint density at radius 1 is 1.75 bits per heavy atom. The minimum atomic E-state index is -0.407. The predicted octanol–water partition coefficient (Wildman–Crippen LogP) is -0.623. The Kier molecular flexibility index (Phi) is 2.88. The van der Waals surface area contributed by atoms with Crippen LogP contribution in [0.2, 0.25) is 0 Å². The highest BCUT2D eigenvalue weighted by molar-refractivity contribution is 5.91. The Labute approximate surface area is 48.4 Å². The van der Waals surface area contributed by atoms with Crippen molar-refractivity contribution < 1.29 is 4.79 Å². The fourth-order valence-electron chi connectivity index (χ4n) is 0.277. The molecule has 0 bridgehead atoms. The van der Waals surface area contributed by atoms with E-state index >= 15 is 0 Å². The standard InChI is InChI=1S/C5H10N2O/c1-4(2-3-6)5(7)8/h2H,3,6H2,1H3,(H2,7,8)/b4-2-. The summed E-state index contributed by atoms with van der Waals surface area (Å²) >= 11 is 0. The van der Waals surface area contributed by atoms with E-state index in [1.54, 1.807) is 13.0 Å². The Morgan fingerprint density at radius 3 is 2.38 bits per heavy atom. The van der Waals surface area contributed by atoms with Crippen molar-refractivity contribution >= 4 is 5.91 Å². The van der Waals surface area contributed by atoms with Crippen LogP contribution in [0.25, 0.3) is 0 Å². The summed E-state index contributed by atoms with van der Waals surface area (Å²) in [7, 11) is 0. The molecule has 0 aromatic carbocycles. The number of nitrogens with two attached hydrogens (primary N) is 2. The van der Waals surface area contributed by atoms with E-state index in [0.29, 0.717) is 12.1 Å². The Bertz CT molecular complexity index is 118. The summed E-state index contributed by atoms with van der Waals surface area (Å²) in [5, 5.41) is 0. The van der Waals surface area contributed by atoms with Gasteiger partial charge in [0.1, 0.15) is 0 Å². The zero-order chi connectivity index (χ0) is 6.57. The number of amides is 1. The first-order valence-electron chi connectivity index (χ1n) is 2.35. The Hall–Kier alpha value is -0.830. The Balaban J connectivity index is 3.80. The van der Waals surface area contributed by atoms with Gasteiger partial charge in [-0.05, 0) is 6.92 Å². The van der Waals surface area contributed by atoms with Gasteiger partial charge in [-0.3, -0.25) is 4.79 Å². The van der Waals surface area contributed by atoms with Crippen LogP contribution in [0.1, 0.15) is 6.92 Å². The molecule has 3 heteroatoms. The third-order valence-electron chi connectivity index (χ3n) is 0.813. The summed E-state index contributed by atoms with van der Waals surface area (Å²) in [6, 6.07) is 0. The van der Waals surface area contributed by atoms with Gasteiger partial charge < -0.3 is 11.5 Å². The molecule has 8 heavy (non-hydrogen) atoms. The topological polar surface area (TPSA) is 69.1 Å². The third-order valence-corrected chi connectivity index (χ3v) is 0.813. The second-order valence-corrected chi connectivity index (χ2v) is 1.49. The summed E-state index contributed by atoms with van der Waals surface area (Å²) < 4.78 is 0. The molecule has 3 nitrogen and oxygen atoms in total. The van der Waals surface area contributed by atoms with Gasteiger partial charge in [-0.15, -0.1) is 0 Å². The maximum Gasteiger partial charge on any atom is 0.244 e. The van der Waals surface area contributed by atoms with Crippen LogP contribution >= 0.6 is 0 Å². The van der Waals surface area contributed by atoms with Gasteiger partial charge in [0.25, 0.3) is 0 Å². The lowest BCUT2D eigenvalue weighted by molar-refractivity contribution is -0.114. The van der Waals surface area contributed by atoms with E-state index in [1.165, 1.54) is 0 Å². The van der Waals surface area contributed by atoms with Crippen LogP contribution in [0, 0.1) is 0 Å². The number of carbonyl (C=O) groups excluding carboxylic acids is 1. The molecule has 0 aliphatic heterocycles. The molecule has 0 heterocycles. The smallest absolute Gasteiger partial charge is 0.244 e. The van der Waals surface area contributed by atoms with E-state index in [-0.39, 0.29) is 0 Å². The van der Waals surface area contributed by atoms with E-state index in [9.17, 15) is 4.79 Å². The number of carbonyl (C=O) groups is 1. The first kappa shape index (κ1) is 7.17. The second-order valence-electron chi connectivity index (χ2n) is 1.49. The molecule has 0 spiro atoms. The molecule has 46 valence electrons. The van der Waals surface area contributed by atoms with E-state index in [2.05, 4.69) is 0 Å². The number of primary amides is 1. The van der Waals surface area contributed by atoms with Crippen molar-refractivity contribution in [3.05, 3.63) is 11.6 Å². The molecule has 0 atom stereocenters. The molecule has 0 aromatic rings. The molecule has 0 rings (SSSR count). The van der Waals surface area contributed by atoms with Crippen LogP contribution in [0.3, 0.4) is 0 Å². The lowest BCUT2D eigenvalue weighted by atomic mass is 10.3. The van der Waals surface area contributed by atoms with Gasteiger partial charge in [-0.25, -0.2) is 0 Å². The van der Waals surface area contributed by atoms with Crippen molar-refractivity contribution in [2.24, 2.45) is 11.5 Å². The van der Waals surface area contributed by atoms with E-state index in [1.807, 2.05) is 0 Å². The van der Waals surface area contributed by atoms with Crippen LogP contribution in [0.5, 0.6) is 0 Å². The molecule has 0 radical (unpaired) electrons. The molecule has 1 amide bonds. The zero-order valence-electron chi connectivity index (χ0n) is 4.85. The molecular weight excluding hydrogens is 104 g/mol. The summed E-state index contributed by atoms with van der Waals surface area (Å²) in [6.45, 7) is 2.00. The van der Waals surface area contributed by atoms with Crippen molar-refractivity contribution in [3.8, 4) is 0 Å². The molecule has 0 unspecified atom stereocenters. The molecule has 4 N–H and O–H groups in total. The van der Waals surface area contributed by atoms with Gasteiger partial charge in [0, 0.05) is 12.1 Å². The molecule has 0 aliphatic rings. The van der Waals surface area contributed by atoms with E-state index < -0.39 is 5.91 Å². The van der Waals surface area contributed by atoms with Crippen molar-refractivity contribution in [1.29, 1.82) is 0 Å². The van der Waals surface area contributed by atoms with Crippen molar-refractivity contribution in [1.82, 2.24) is 0 Å². The first-order chi connectivity index (χ1) is 3.68. The fourth-order valence-corrected chi connectivity index (χ4v) is 0.277. The van der Waals surface area contributed by atoms with Crippen LogP contribution < -0.4 is 11.5 Å². The highest BCUT2D eigenvalue weighted by atomic mass is 16.1.